The quantitative estimate of drug-likeness (QED) is 0.617. The van der Waals surface area contributed by atoms with Gasteiger partial charge in [-0.25, -0.2) is 23.0 Å². The Morgan fingerprint density at radius 3 is 2.63 bits per heavy atom. The highest BCUT2D eigenvalue weighted by atomic mass is 19.3. The fraction of sp³-hybridized carbons (Fsp3) is 0.609. The first-order valence-electron chi connectivity index (χ1n) is 11.8. The molecule has 12 heteroatoms. The van der Waals surface area contributed by atoms with Crippen molar-refractivity contribution < 1.29 is 37.1 Å². The number of amides is 2. The van der Waals surface area contributed by atoms with E-state index in [0.29, 0.717) is 25.3 Å². The molecule has 1 aromatic carbocycles. The van der Waals surface area contributed by atoms with Gasteiger partial charge in [-0.15, -0.1) is 0 Å². The maximum Gasteiger partial charge on any atom is 0.414 e. The van der Waals surface area contributed by atoms with Crippen molar-refractivity contribution in [2.24, 2.45) is 5.92 Å². The number of nitrogens with zero attached hydrogens (tertiary/aromatic N) is 3. The van der Waals surface area contributed by atoms with Gasteiger partial charge < -0.3 is 15.0 Å². The average Bonchev–Trinajstić information content (AvgIpc) is 3.06. The molecule has 3 fully saturated rings. The normalized spacial score (nSPS) is 21.9. The third kappa shape index (κ3) is 6.04. The number of carbonyl (C=O) groups is 3. The van der Waals surface area contributed by atoms with Crippen LogP contribution in [-0.4, -0.2) is 81.3 Å². The number of alkyl halides is 2. The number of carbonyl (C=O) groups excluding carboxylic acids is 3. The van der Waals surface area contributed by atoms with Crippen LogP contribution < -0.4 is 15.1 Å². The summed E-state index contributed by atoms with van der Waals surface area (Å²) in [5, 5.41) is 4.62. The first-order chi connectivity index (χ1) is 16.8. The van der Waals surface area contributed by atoms with Crippen LogP contribution >= 0.6 is 0 Å². The van der Waals surface area contributed by atoms with Crippen molar-refractivity contribution >= 4 is 29.2 Å². The number of Topliss-reactive ketones (excluding diaryl/α,β-unsaturated/α-hetero) is 1. The van der Waals surface area contributed by atoms with Crippen molar-refractivity contribution in [3.05, 3.63) is 24.0 Å². The summed E-state index contributed by atoms with van der Waals surface area (Å²) in [6, 6.07) is 4.35. The molecule has 0 aliphatic carbocycles. The maximum atomic E-state index is 15.1. The van der Waals surface area contributed by atoms with Crippen LogP contribution in [0.2, 0.25) is 0 Å². The lowest BCUT2D eigenvalue weighted by Gasteiger charge is -2.28. The Morgan fingerprint density at radius 1 is 1.14 bits per heavy atom. The Bertz CT molecular complexity index is 944. The van der Waals surface area contributed by atoms with Crippen molar-refractivity contribution in [2.45, 2.75) is 38.2 Å². The molecule has 3 aliphatic rings. The lowest BCUT2D eigenvalue weighted by molar-refractivity contribution is -0.187. The highest BCUT2D eigenvalue weighted by Crippen LogP contribution is 2.29. The standard InChI is InChI=1S/C23H29F3N4O5/c24-18-13-16(29-14-17(35-23(29)33)2-4-20(31)21(25)26)1-3-19(18)28-9-10-30(34-12-11-28)22(32)15-5-7-27-8-6-15/h1,3,13,15,17,21,27H,2,4-12,14H2/t17-/m0/s1. The number of hydrogen-bond donors (Lipinski definition) is 1. The molecule has 0 aromatic heterocycles. The molecule has 3 heterocycles. The molecule has 9 nitrogen and oxygen atoms in total. The van der Waals surface area contributed by atoms with E-state index in [1.54, 1.807) is 17.0 Å². The van der Waals surface area contributed by atoms with Crippen molar-refractivity contribution in [2.75, 3.05) is 55.7 Å². The van der Waals surface area contributed by atoms with Crippen LogP contribution in [0, 0.1) is 11.7 Å². The molecule has 0 unspecified atom stereocenters. The zero-order valence-electron chi connectivity index (χ0n) is 19.3. The van der Waals surface area contributed by atoms with Crippen LogP contribution in [0.15, 0.2) is 18.2 Å². The van der Waals surface area contributed by atoms with Crippen LogP contribution in [0.25, 0.3) is 0 Å². The van der Waals surface area contributed by atoms with E-state index < -0.39 is 36.6 Å². The summed E-state index contributed by atoms with van der Waals surface area (Å²) in [5.74, 6) is -1.87. The van der Waals surface area contributed by atoms with E-state index in [0.717, 1.165) is 25.9 Å². The number of piperidine rings is 1. The number of hydroxylamine groups is 2. The number of ketones is 1. The minimum absolute atomic E-state index is 0.0215. The van der Waals surface area contributed by atoms with Gasteiger partial charge in [0, 0.05) is 25.4 Å². The Balaban J connectivity index is 1.35. The van der Waals surface area contributed by atoms with E-state index in [9.17, 15) is 23.2 Å². The fourth-order valence-electron chi connectivity index (χ4n) is 4.55. The average molecular weight is 499 g/mol. The van der Waals surface area contributed by atoms with E-state index in [1.807, 2.05) is 0 Å². The molecule has 1 N–H and O–H groups in total. The first kappa shape index (κ1) is 25.2. The van der Waals surface area contributed by atoms with Crippen LogP contribution in [0.5, 0.6) is 0 Å². The number of hydrogen-bond acceptors (Lipinski definition) is 7. The minimum Gasteiger partial charge on any atom is -0.444 e. The summed E-state index contributed by atoms with van der Waals surface area (Å²) in [5.41, 5.74) is 0.591. The molecule has 2 amide bonds. The third-order valence-corrected chi connectivity index (χ3v) is 6.53. The molecular weight excluding hydrogens is 469 g/mol. The van der Waals surface area contributed by atoms with Crippen LogP contribution in [0.1, 0.15) is 25.7 Å². The monoisotopic (exact) mass is 498 g/mol. The number of nitrogens with one attached hydrogen (secondary N) is 1. The van der Waals surface area contributed by atoms with Crippen molar-refractivity contribution in [3.8, 4) is 0 Å². The van der Waals surface area contributed by atoms with Crippen LogP contribution in [0.4, 0.5) is 29.3 Å². The molecule has 3 saturated heterocycles. The molecule has 0 bridgehead atoms. The van der Waals surface area contributed by atoms with Crippen molar-refractivity contribution in [1.82, 2.24) is 10.4 Å². The second-order valence-electron chi connectivity index (χ2n) is 8.84. The van der Waals surface area contributed by atoms with E-state index in [1.165, 1.54) is 16.0 Å². The SMILES string of the molecule is O=C(CC[C@H]1CN(c2ccc(N3CCON(C(=O)C4CCNCC4)CC3)c(F)c2)C(=O)O1)C(F)F. The van der Waals surface area contributed by atoms with Gasteiger partial charge in [0.2, 0.25) is 5.91 Å². The number of ether oxygens (including phenoxy) is 1. The van der Waals surface area contributed by atoms with Gasteiger partial charge in [-0.1, -0.05) is 0 Å². The smallest absolute Gasteiger partial charge is 0.414 e. The Morgan fingerprint density at radius 2 is 1.91 bits per heavy atom. The van der Waals surface area contributed by atoms with Gasteiger partial charge >= 0.3 is 6.09 Å². The van der Waals surface area contributed by atoms with Gasteiger partial charge in [0.05, 0.1) is 31.1 Å². The fourth-order valence-corrected chi connectivity index (χ4v) is 4.55. The second kappa shape index (κ2) is 11.3. The zero-order valence-corrected chi connectivity index (χ0v) is 19.3. The second-order valence-corrected chi connectivity index (χ2v) is 8.84. The predicted octanol–water partition coefficient (Wildman–Crippen LogP) is 2.35. The number of cyclic esters (lactones) is 1. The predicted molar refractivity (Wildman–Crippen MR) is 120 cm³/mol. The number of benzene rings is 1. The van der Waals surface area contributed by atoms with Gasteiger partial charge in [0.25, 0.3) is 6.43 Å². The molecule has 0 spiro atoms. The highest BCUT2D eigenvalue weighted by molar-refractivity contribution is 5.90. The molecule has 4 rings (SSSR count). The van der Waals surface area contributed by atoms with Gasteiger partial charge in [0.15, 0.2) is 5.78 Å². The third-order valence-electron chi connectivity index (χ3n) is 6.53. The van der Waals surface area contributed by atoms with Gasteiger partial charge in [-0.3, -0.25) is 19.3 Å². The molecule has 192 valence electrons. The van der Waals surface area contributed by atoms with E-state index in [2.05, 4.69) is 5.32 Å². The number of rotatable bonds is 7. The maximum absolute atomic E-state index is 15.1. The lowest BCUT2D eigenvalue weighted by atomic mass is 9.97. The van der Waals surface area contributed by atoms with Gasteiger partial charge in [-0.05, 0) is 50.6 Å². The highest BCUT2D eigenvalue weighted by Gasteiger charge is 2.34. The van der Waals surface area contributed by atoms with Gasteiger partial charge in [0.1, 0.15) is 11.9 Å². The molecule has 0 radical (unpaired) electrons. The largest absolute Gasteiger partial charge is 0.444 e. The van der Waals surface area contributed by atoms with Crippen LogP contribution in [-0.2, 0) is 19.2 Å². The summed E-state index contributed by atoms with van der Waals surface area (Å²) in [6.45, 7) is 2.95. The molecular formula is C23H29F3N4O5. The van der Waals surface area contributed by atoms with Crippen molar-refractivity contribution in [3.63, 3.8) is 0 Å². The number of halogens is 3. The Kier molecular flexibility index (Phi) is 8.11. The van der Waals surface area contributed by atoms with Crippen LogP contribution in [0.3, 0.4) is 0 Å². The molecule has 35 heavy (non-hydrogen) atoms. The zero-order chi connectivity index (χ0) is 24.9. The summed E-state index contributed by atoms with van der Waals surface area (Å²) >= 11 is 0. The molecule has 1 aromatic rings. The summed E-state index contributed by atoms with van der Waals surface area (Å²) in [6.07, 6.45) is -3.39. The summed E-state index contributed by atoms with van der Waals surface area (Å²) in [7, 11) is 0. The Hall–Kier alpha value is -2.86. The minimum atomic E-state index is -3.05. The number of anilines is 2. The first-order valence-corrected chi connectivity index (χ1v) is 11.8. The molecule has 0 saturated carbocycles. The van der Waals surface area contributed by atoms with E-state index >= 15 is 4.39 Å². The van der Waals surface area contributed by atoms with Crippen molar-refractivity contribution in [1.29, 1.82) is 0 Å². The Labute approximate surface area is 201 Å². The molecule has 3 aliphatic heterocycles. The topological polar surface area (TPSA) is 91.4 Å². The van der Waals surface area contributed by atoms with E-state index in [4.69, 9.17) is 9.57 Å². The molecule has 1 atom stereocenters. The van der Waals surface area contributed by atoms with Gasteiger partial charge in [-0.2, -0.15) is 0 Å². The van der Waals surface area contributed by atoms with E-state index in [-0.39, 0.29) is 37.1 Å². The lowest BCUT2D eigenvalue weighted by Crippen LogP contribution is -2.42. The summed E-state index contributed by atoms with van der Waals surface area (Å²) < 4.78 is 45.0. The summed E-state index contributed by atoms with van der Waals surface area (Å²) in [4.78, 5) is 44.8.